The molecule has 2 amide bonds. The average molecular weight is 337 g/mol. The Balaban J connectivity index is 1.91. The van der Waals surface area contributed by atoms with Gasteiger partial charge in [0.1, 0.15) is 5.75 Å². The molecule has 2 N–H and O–H groups in total. The highest BCUT2D eigenvalue weighted by atomic mass is 35.5. The Hall–Kier alpha value is -2.17. The van der Waals surface area contributed by atoms with Gasteiger partial charge in [0.2, 0.25) is 0 Å². The largest absolute Gasteiger partial charge is 0.495 e. The lowest BCUT2D eigenvalue weighted by Gasteiger charge is -2.07. The summed E-state index contributed by atoms with van der Waals surface area (Å²) in [5, 5.41) is 6.33. The molecule has 0 radical (unpaired) electrons. The molecule has 6 heteroatoms. The van der Waals surface area contributed by atoms with E-state index in [2.05, 4.69) is 10.6 Å². The summed E-state index contributed by atoms with van der Waals surface area (Å²) >= 11 is 11.9. The third-order valence-corrected chi connectivity index (χ3v) is 3.28. The molecule has 0 atom stereocenters. The number of carbonyl (C=O) groups excluding carboxylic acids is 1. The molecule has 0 saturated heterocycles. The van der Waals surface area contributed by atoms with Crippen LogP contribution in [0.15, 0.2) is 48.7 Å². The van der Waals surface area contributed by atoms with Crippen LogP contribution in [0.3, 0.4) is 0 Å². The van der Waals surface area contributed by atoms with Gasteiger partial charge in [0.25, 0.3) is 0 Å². The summed E-state index contributed by atoms with van der Waals surface area (Å²) in [6.45, 7) is 0. The summed E-state index contributed by atoms with van der Waals surface area (Å²) in [5.41, 5.74) is 1.46. The van der Waals surface area contributed by atoms with Crippen molar-refractivity contribution in [3.63, 3.8) is 0 Å². The molecule has 4 nitrogen and oxygen atoms in total. The van der Waals surface area contributed by atoms with Crippen molar-refractivity contribution in [2.24, 2.45) is 0 Å². The van der Waals surface area contributed by atoms with E-state index in [1.807, 2.05) is 12.1 Å². The van der Waals surface area contributed by atoms with Crippen LogP contribution in [0.5, 0.6) is 5.75 Å². The number of carbonyl (C=O) groups is 1. The molecular formula is C16H14Cl2N2O2. The number of hydrogen-bond acceptors (Lipinski definition) is 2. The smallest absolute Gasteiger partial charge is 0.323 e. The first-order valence-corrected chi connectivity index (χ1v) is 7.17. The van der Waals surface area contributed by atoms with Gasteiger partial charge in [-0.3, -0.25) is 0 Å². The maximum atomic E-state index is 11.8. The van der Waals surface area contributed by atoms with Crippen molar-refractivity contribution in [2.45, 2.75) is 0 Å². The Kier molecular flexibility index (Phi) is 5.69. The Bertz CT molecular complexity index is 702. The summed E-state index contributed by atoms with van der Waals surface area (Å²) in [4.78, 5) is 11.8. The van der Waals surface area contributed by atoms with Gasteiger partial charge in [-0.15, -0.1) is 0 Å². The molecule has 0 heterocycles. The van der Waals surface area contributed by atoms with Crippen LogP contribution in [0.25, 0.3) is 6.08 Å². The van der Waals surface area contributed by atoms with E-state index in [1.165, 1.54) is 13.3 Å². The number of rotatable bonds is 4. The molecule has 0 aliphatic rings. The van der Waals surface area contributed by atoms with Crippen molar-refractivity contribution in [1.29, 1.82) is 0 Å². The third-order valence-electron chi connectivity index (χ3n) is 2.75. The second-order valence-electron chi connectivity index (χ2n) is 4.34. The van der Waals surface area contributed by atoms with E-state index in [-0.39, 0.29) is 6.03 Å². The summed E-state index contributed by atoms with van der Waals surface area (Å²) in [7, 11) is 1.53. The van der Waals surface area contributed by atoms with Crippen LogP contribution in [-0.4, -0.2) is 13.1 Å². The maximum absolute atomic E-state index is 11.8. The molecule has 0 saturated carbocycles. The minimum atomic E-state index is -0.375. The molecule has 2 rings (SSSR count). The van der Waals surface area contributed by atoms with Crippen molar-refractivity contribution in [3.05, 3.63) is 64.3 Å². The van der Waals surface area contributed by atoms with Crippen LogP contribution in [0, 0.1) is 0 Å². The summed E-state index contributed by atoms with van der Waals surface area (Å²) < 4.78 is 5.05. The Morgan fingerprint density at radius 1 is 1.18 bits per heavy atom. The normalized spacial score (nSPS) is 10.5. The number of nitrogens with one attached hydrogen (secondary N) is 2. The second kappa shape index (κ2) is 7.73. The number of anilines is 1. The van der Waals surface area contributed by atoms with Gasteiger partial charge < -0.3 is 15.4 Å². The van der Waals surface area contributed by atoms with Gasteiger partial charge in [0, 0.05) is 16.9 Å². The van der Waals surface area contributed by atoms with E-state index in [1.54, 1.807) is 36.4 Å². The molecule has 0 unspecified atom stereocenters. The number of benzene rings is 2. The average Bonchev–Trinajstić information content (AvgIpc) is 2.47. The number of ether oxygens (including phenoxy) is 1. The highest BCUT2D eigenvalue weighted by Crippen LogP contribution is 2.27. The molecule has 0 spiro atoms. The number of urea groups is 1. The second-order valence-corrected chi connectivity index (χ2v) is 5.18. The maximum Gasteiger partial charge on any atom is 0.323 e. The molecule has 0 aromatic heterocycles. The number of amides is 2. The lowest BCUT2D eigenvalue weighted by molar-refractivity contribution is 0.255. The fraction of sp³-hybridized carbons (Fsp3) is 0.0625. The monoisotopic (exact) mass is 336 g/mol. The number of hydrogen-bond donors (Lipinski definition) is 2. The molecule has 22 heavy (non-hydrogen) atoms. The van der Waals surface area contributed by atoms with E-state index in [4.69, 9.17) is 27.9 Å². The van der Waals surface area contributed by atoms with Gasteiger partial charge in [-0.2, -0.15) is 0 Å². The SMILES string of the molecule is COc1ccc(NC(=O)N/C=C/c2cccc(Cl)c2)cc1Cl. The van der Waals surface area contributed by atoms with Crippen LogP contribution in [-0.2, 0) is 0 Å². The highest BCUT2D eigenvalue weighted by Gasteiger charge is 2.04. The van der Waals surface area contributed by atoms with E-state index < -0.39 is 0 Å². The lowest BCUT2D eigenvalue weighted by atomic mass is 10.2. The van der Waals surface area contributed by atoms with E-state index >= 15 is 0 Å². The third kappa shape index (κ3) is 4.69. The van der Waals surface area contributed by atoms with Gasteiger partial charge in [0.05, 0.1) is 12.1 Å². The first kappa shape index (κ1) is 16.2. The number of halogens is 2. The number of methoxy groups -OCH3 is 1. The van der Waals surface area contributed by atoms with Crippen LogP contribution in [0.1, 0.15) is 5.56 Å². The van der Waals surface area contributed by atoms with Crippen molar-refractivity contribution in [3.8, 4) is 5.75 Å². The zero-order valence-corrected chi connectivity index (χ0v) is 13.3. The Morgan fingerprint density at radius 3 is 2.68 bits per heavy atom. The highest BCUT2D eigenvalue weighted by molar-refractivity contribution is 6.32. The summed E-state index contributed by atoms with van der Waals surface area (Å²) in [6.07, 6.45) is 3.28. The van der Waals surface area contributed by atoms with E-state index in [9.17, 15) is 4.79 Å². The minimum Gasteiger partial charge on any atom is -0.495 e. The Morgan fingerprint density at radius 2 is 2.00 bits per heavy atom. The topological polar surface area (TPSA) is 50.4 Å². The van der Waals surface area contributed by atoms with Crippen LogP contribution < -0.4 is 15.4 Å². The zero-order valence-electron chi connectivity index (χ0n) is 11.8. The van der Waals surface area contributed by atoms with Crippen LogP contribution in [0.2, 0.25) is 10.0 Å². The first-order chi connectivity index (χ1) is 10.6. The molecule has 114 valence electrons. The molecular weight excluding hydrogens is 323 g/mol. The summed E-state index contributed by atoms with van der Waals surface area (Å²) in [5.74, 6) is 0.550. The van der Waals surface area contributed by atoms with Crippen molar-refractivity contribution >= 4 is 41.0 Å². The fourth-order valence-corrected chi connectivity index (χ4v) is 2.19. The summed E-state index contributed by atoms with van der Waals surface area (Å²) in [6, 6.07) is 11.9. The molecule has 0 aliphatic heterocycles. The van der Waals surface area contributed by atoms with Gasteiger partial charge in [-0.25, -0.2) is 4.79 Å². The Labute approximate surface area is 138 Å². The lowest BCUT2D eigenvalue weighted by Crippen LogP contribution is -2.23. The van der Waals surface area contributed by atoms with Gasteiger partial charge in [-0.05, 0) is 42.0 Å². The van der Waals surface area contributed by atoms with Crippen molar-refractivity contribution in [1.82, 2.24) is 5.32 Å². The van der Waals surface area contributed by atoms with E-state index in [0.717, 1.165) is 5.56 Å². The van der Waals surface area contributed by atoms with Crippen LogP contribution in [0.4, 0.5) is 10.5 Å². The van der Waals surface area contributed by atoms with Gasteiger partial charge in [-0.1, -0.05) is 35.3 Å². The van der Waals surface area contributed by atoms with Gasteiger partial charge in [0.15, 0.2) is 0 Å². The van der Waals surface area contributed by atoms with Crippen molar-refractivity contribution in [2.75, 3.05) is 12.4 Å². The quantitative estimate of drug-likeness (QED) is 0.842. The molecule has 0 bridgehead atoms. The minimum absolute atomic E-state index is 0.375. The predicted molar refractivity (Wildman–Crippen MR) is 90.6 cm³/mol. The first-order valence-electron chi connectivity index (χ1n) is 6.41. The fourth-order valence-electron chi connectivity index (χ4n) is 1.74. The predicted octanol–water partition coefficient (Wildman–Crippen LogP) is 4.79. The zero-order chi connectivity index (χ0) is 15.9. The standard InChI is InChI=1S/C16H14Cl2N2O2/c1-22-15-6-5-13(10-14(15)18)20-16(21)19-8-7-11-3-2-4-12(17)9-11/h2-10H,1H3,(H2,19,20,21)/b8-7+. The molecule has 0 aliphatic carbocycles. The van der Waals surface area contributed by atoms with Gasteiger partial charge >= 0.3 is 6.03 Å². The van der Waals surface area contributed by atoms with Crippen LogP contribution >= 0.6 is 23.2 Å². The molecule has 0 fully saturated rings. The molecule has 2 aromatic rings. The van der Waals surface area contributed by atoms with E-state index in [0.29, 0.717) is 21.5 Å². The molecule has 2 aromatic carbocycles. The van der Waals surface area contributed by atoms with Crippen molar-refractivity contribution < 1.29 is 9.53 Å².